The van der Waals surface area contributed by atoms with Crippen LogP contribution in [0.25, 0.3) is 0 Å². The quantitative estimate of drug-likeness (QED) is 0.554. The molecule has 2 rings (SSSR count). The van der Waals surface area contributed by atoms with Crippen molar-refractivity contribution in [2.24, 2.45) is 0 Å². The first kappa shape index (κ1) is 10.3. The van der Waals surface area contributed by atoms with Gasteiger partial charge in [-0.1, -0.05) is 67.5 Å². The lowest BCUT2D eigenvalue weighted by molar-refractivity contribution is 0.886. The van der Waals surface area contributed by atoms with Gasteiger partial charge in [0.2, 0.25) is 0 Å². The Morgan fingerprint density at radius 3 is 1.38 bits per heavy atom. The third-order valence-corrected chi connectivity index (χ3v) is 2.42. The number of hydrogen-bond acceptors (Lipinski definition) is 0. The van der Waals surface area contributed by atoms with E-state index < -0.39 is 0 Å². The number of benzene rings is 1. The first-order valence-electron chi connectivity index (χ1n) is 5.32. The Morgan fingerprint density at radius 1 is 0.769 bits per heavy atom. The molecule has 13 heavy (non-hydrogen) atoms. The van der Waals surface area contributed by atoms with E-state index in [4.69, 9.17) is 0 Å². The van der Waals surface area contributed by atoms with Crippen LogP contribution in [0.2, 0.25) is 0 Å². The van der Waals surface area contributed by atoms with Crippen LogP contribution in [0.3, 0.4) is 0 Å². The predicted octanol–water partition coefficient (Wildman–Crippen LogP) is 4.25. The van der Waals surface area contributed by atoms with Gasteiger partial charge in [-0.2, -0.15) is 0 Å². The number of hydrogen-bond donors (Lipinski definition) is 0. The molecule has 72 valence electrons. The van der Waals surface area contributed by atoms with Crippen molar-refractivity contribution in [1.29, 1.82) is 0 Å². The lowest BCUT2D eigenvalue weighted by Crippen LogP contribution is -1.71. The van der Waals surface area contributed by atoms with Crippen molar-refractivity contribution < 1.29 is 0 Å². The molecule has 0 nitrogen and oxygen atoms in total. The van der Waals surface area contributed by atoms with E-state index in [1.54, 1.807) is 0 Å². The molecule has 0 atom stereocenters. The van der Waals surface area contributed by atoms with Crippen molar-refractivity contribution in [1.82, 2.24) is 0 Å². The maximum Gasteiger partial charge on any atom is -0.0398 e. The highest BCUT2D eigenvalue weighted by Gasteiger charge is 1.95. The monoisotopic (exact) mass is 176 g/mol. The zero-order chi connectivity index (χ0) is 9.52. The van der Waals surface area contributed by atoms with Gasteiger partial charge in [-0.15, -0.1) is 0 Å². The molecule has 0 amide bonds. The summed E-state index contributed by atoms with van der Waals surface area (Å²) in [5.41, 5.74) is 2.68. The van der Waals surface area contributed by atoms with Gasteiger partial charge in [0, 0.05) is 0 Å². The zero-order valence-electron chi connectivity index (χ0n) is 8.84. The molecule has 1 aromatic carbocycles. The fourth-order valence-corrected chi connectivity index (χ4v) is 1.69. The SMILES string of the molecule is C1CCCC1.Cc1cccc(C)c1. The molecule has 0 spiro atoms. The van der Waals surface area contributed by atoms with Crippen LogP contribution in [0.4, 0.5) is 0 Å². The molecule has 0 aromatic heterocycles. The van der Waals surface area contributed by atoms with Crippen LogP contribution in [0.15, 0.2) is 24.3 Å². The van der Waals surface area contributed by atoms with Crippen LogP contribution in [0.1, 0.15) is 43.2 Å². The molecule has 0 heteroatoms. The average molecular weight is 176 g/mol. The van der Waals surface area contributed by atoms with Gasteiger partial charge < -0.3 is 0 Å². The third kappa shape index (κ3) is 4.72. The van der Waals surface area contributed by atoms with Crippen LogP contribution in [-0.2, 0) is 0 Å². The van der Waals surface area contributed by atoms with Crippen LogP contribution in [0, 0.1) is 13.8 Å². The molecule has 1 saturated carbocycles. The Morgan fingerprint density at radius 2 is 1.15 bits per heavy atom. The molecular formula is C13H20. The summed E-state index contributed by atoms with van der Waals surface area (Å²) >= 11 is 0. The molecule has 0 heterocycles. The standard InChI is InChI=1S/C8H10.C5H10/c1-7-4-3-5-8(2)6-7;1-2-4-5-3-1/h3-6H,1-2H3;1-5H2. The van der Waals surface area contributed by atoms with Crippen LogP contribution in [-0.4, -0.2) is 0 Å². The Hall–Kier alpha value is -0.780. The highest BCUT2D eigenvalue weighted by atomic mass is 14.0. The summed E-state index contributed by atoms with van der Waals surface area (Å²) < 4.78 is 0. The lowest BCUT2D eigenvalue weighted by Gasteiger charge is -1.90. The minimum absolute atomic E-state index is 1.34. The summed E-state index contributed by atoms with van der Waals surface area (Å²) in [4.78, 5) is 0. The summed E-state index contributed by atoms with van der Waals surface area (Å²) in [5, 5.41) is 0. The molecule has 0 saturated heterocycles. The van der Waals surface area contributed by atoms with Gasteiger partial charge in [0.15, 0.2) is 0 Å². The van der Waals surface area contributed by atoms with Gasteiger partial charge in [0.1, 0.15) is 0 Å². The Bertz CT molecular complexity index is 209. The predicted molar refractivity (Wildman–Crippen MR) is 59.0 cm³/mol. The summed E-state index contributed by atoms with van der Waals surface area (Å²) in [6.45, 7) is 4.21. The van der Waals surface area contributed by atoms with Crippen molar-refractivity contribution in [3.63, 3.8) is 0 Å². The van der Waals surface area contributed by atoms with E-state index in [0.717, 1.165) is 0 Å². The van der Waals surface area contributed by atoms with E-state index in [2.05, 4.69) is 38.1 Å². The lowest BCUT2D eigenvalue weighted by atomic mass is 10.2. The molecule has 1 fully saturated rings. The Kier molecular flexibility index (Phi) is 4.59. The normalized spacial score (nSPS) is 14.9. The zero-order valence-corrected chi connectivity index (χ0v) is 8.84. The van der Waals surface area contributed by atoms with E-state index in [1.165, 1.54) is 43.2 Å². The van der Waals surface area contributed by atoms with E-state index in [9.17, 15) is 0 Å². The summed E-state index contributed by atoms with van der Waals surface area (Å²) in [6.07, 6.45) is 7.50. The molecular weight excluding hydrogens is 156 g/mol. The molecule has 0 N–H and O–H groups in total. The van der Waals surface area contributed by atoms with Gasteiger partial charge in [-0.25, -0.2) is 0 Å². The third-order valence-electron chi connectivity index (χ3n) is 2.42. The maximum absolute atomic E-state index is 2.17. The Labute approximate surface area is 82.0 Å². The average Bonchev–Trinajstić information content (AvgIpc) is 2.59. The van der Waals surface area contributed by atoms with E-state index in [0.29, 0.717) is 0 Å². The van der Waals surface area contributed by atoms with E-state index in [-0.39, 0.29) is 0 Å². The van der Waals surface area contributed by atoms with E-state index >= 15 is 0 Å². The number of rotatable bonds is 0. The molecule has 0 unspecified atom stereocenters. The van der Waals surface area contributed by atoms with Gasteiger partial charge in [0.25, 0.3) is 0 Å². The molecule has 0 bridgehead atoms. The maximum atomic E-state index is 2.17. The van der Waals surface area contributed by atoms with Crippen molar-refractivity contribution in [2.75, 3.05) is 0 Å². The van der Waals surface area contributed by atoms with Crippen LogP contribution < -0.4 is 0 Å². The second kappa shape index (κ2) is 5.80. The van der Waals surface area contributed by atoms with Gasteiger partial charge in [0.05, 0.1) is 0 Å². The molecule has 1 aromatic rings. The van der Waals surface area contributed by atoms with Crippen LogP contribution in [0.5, 0.6) is 0 Å². The van der Waals surface area contributed by atoms with Crippen molar-refractivity contribution in [2.45, 2.75) is 46.0 Å². The van der Waals surface area contributed by atoms with Gasteiger partial charge in [-0.3, -0.25) is 0 Å². The Balaban J connectivity index is 0.000000145. The first-order chi connectivity index (χ1) is 6.29. The first-order valence-corrected chi connectivity index (χ1v) is 5.32. The smallest absolute Gasteiger partial charge is 0.0398 e. The molecule has 0 aliphatic heterocycles. The number of aryl methyl sites for hydroxylation is 2. The molecule has 0 radical (unpaired) electrons. The van der Waals surface area contributed by atoms with E-state index in [1.807, 2.05) is 0 Å². The van der Waals surface area contributed by atoms with Gasteiger partial charge >= 0.3 is 0 Å². The minimum atomic E-state index is 1.34. The van der Waals surface area contributed by atoms with Crippen molar-refractivity contribution in [3.8, 4) is 0 Å². The topological polar surface area (TPSA) is 0 Å². The highest BCUT2D eigenvalue weighted by Crippen LogP contribution is 2.15. The molecule has 1 aliphatic rings. The summed E-state index contributed by atoms with van der Waals surface area (Å²) in [5.74, 6) is 0. The minimum Gasteiger partial charge on any atom is -0.0617 e. The van der Waals surface area contributed by atoms with Crippen LogP contribution >= 0.6 is 0 Å². The van der Waals surface area contributed by atoms with Gasteiger partial charge in [-0.05, 0) is 13.8 Å². The fourth-order valence-electron chi connectivity index (χ4n) is 1.69. The largest absolute Gasteiger partial charge is 0.0617 e. The second-order valence-electron chi connectivity index (χ2n) is 3.93. The highest BCUT2D eigenvalue weighted by molar-refractivity contribution is 5.20. The van der Waals surface area contributed by atoms with Crippen molar-refractivity contribution in [3.05, 3.63) is 35.4 Å². The summed E-state index contributed by atoms with van der Waals surface area (Å²) in [6, 6.07) is 8.45. The second-order valence-corrected chi connectivity index (χ2v) is 3.93. The summed E-state index contributed by atoms with van der Waals surface area (Å²) in [7, 11) is 0. The van der Waals surface area contributed by atoms with Crippen molar-refractivity contribution >= 4 is 0 Å². The fraction of sp³-hybridized carbons (Fsp3) is 0.538. The molecule has 1 aliphatic carbocycles.